The topological polar surface area (TPSA) is 47.0 Å². The van der Waals surface area contributed by atoms with Crippen LogP contribution in [0.2, 0.25) is 0 Å². The van der Waals surface area contributed by atoms with Crippen molar-refractivity contribution in [3.05, 3.63) is 40.2 Å². The summed E-state index contributed by atoms with van der Waals surface area (Å²) in [5.74, 6) is 0.882. The van der Waals surface area contributed by atoms with E-state index in [0.717, 1.165) is 22.6 Å². The van der Waals surface area contributed by atoms with Crippen LogP contribution in [0.3, 0.4) is 0 Å². The Labute approximate surface area is 106 Å². The standard InChI is InChI=1S/C14H18N2O2/c1-9(2)18-13-6-5-11(7-10(13)3)12-8-14(17)16(4)15-12/h5-9,15H,1-4H3. The first-order chi connectivity index (χ1) is 8.47. The Hall–Kier alpha value is -1.97. The monoisotopic (exact) mass is 246 g/mol. The van der Waals surface area contributed by atoms with Crippen LogP contribution in [0.25, 0.3) is 11.3 Å². The van der Waals surface area contributed by atoms with E-state index in [1.807, 2.05) is 39.0 Å². The summed E-state index contributed by atoms with van der Waals surface area (Å²) in [6.07, 6.45) is 0.158. The summed E-state index contributed by atoms with van der Waals surface area (Å²) in [6.45, 7) is 6.01. The third-order valence-corrected chi connectivity index (χ3v) is 2.74. The average Bonchev–Trinajstić information content (AvgIpc) is 2.62. The van der Waals surface area contributed by atoms with Gasteiger partial charge in [0.15, 0.2) is 0 Å². The number of aromatic nitrogens is 2. The van der Waals surface area contributed by atoms with Crippen molar-refractivity contribution in [2.24, 2.45) is 7.05 Å². The number of nitrogens with one attached hydrogen (secondary N) is 1. The molecule has 1 aromatic heterocycles. The molecule has 2 aromatic rings. The lowest BCUT2D eigenvalue weighted by Gasteiger charge is -2.13. The van der Waals surface area contributed by atoms with Crippen LogP contribution in [0, 0.1) is 6.92 Å². The third-order valence-electron chi connectivity index (χ3n) is 2.74. The van der Waals surface area contributed by atoms with Gasteiger partial charge in [0, 0.05) is 18.7 Å². The summed E-state index contributed by atoms with van der Waals surface area (Å²) in [4.78, 5) is 11.4. The van der Waals surface area contributed by atoms with Gasteiger partial charge in [-0.1, -0.05) is 0 Å². The van der Waals surface area contributed by atoms with E-state index >= 15 is 0 Å². The zero-order valence-electron chi connectivity index (χ0n) is 11.2. The summed E-state index contributed by atoms with van der Waals surface area (Å²) in [5, 5.41) is 3.01. The van der Waals surface area contributed by atoms with Gasteiger partial charge in [-0.05, 0) is 44.5 Å². The first-order valence-corrected chi connectivity index (χ1v) is 6.01. The normalized spacial score (nSPS) is 10.9. The van der Waals surface area contributed by atoms with E-state index in [4.69, 9.17) is 4.74 Å². The minimum atomic E-state index is -0.0369. The third kappa shape index (κ3) is 2.47. The lowest BCUT2D eigenvalue weighted by Crippen LogP contribution is -2.09. The van der Waals surface area contributed by atoms with Crippen LogP contribution in [-0.4, -0.2) is 15.9 Å². The average molecular weight is 246 g/mol. The molecule has 0 saturated carbocycles. The molecular weight excluding hydrogens is 228 g/mol. The van der Waals surface area contributed by atoms with Crippen molar-refractivity contribution in [2.45, 2.75) is 26.9 Å². The first kappa shape index (κ1) is 12.5. The Morgan fingerprint density at radius 1 is 1.28 bits per heavy atom. The summed E-state index contributed by atoms with van der Waals surface area (Å²) in [6, 6.07) is 7.51. The van der Waals surface area contributed by atoms with Gasteiger partial charge in [-0.2, -0.15) is 0 Å². The SMILES string of the molecule is Cc1cc(-c2cc(=O)n(C)[nH]2)ccc1OC(C)C. The van der Waals surface area contributed by atoms with Gasteiger partial charge in [0.25, 0.3) is 5.56 Å². The molecule has 0 amide bonds. The number of aryl methyl sites for hydroxylation is 2. The van der Waals surface area contributed by atoms with Crippen molar-refractivity contribution >= 4 is 0 Å². The van der Waals surface area contributed by atoms with E-state index in [1.165, 1.54) is 4.68 Å². The molecule has 0 aliphatic carbocycles. The van der Waals surface area contributed by atoms with Crippen molar-refractivity contribution in [1.82, 2.24) is 9.78 Å². The van der Waals surface area contributed by atoms with Crippen LogP contribution in [-0.2, 0) is 7.05 Å². The highest BCUT2D eigenvalue weighted by molar-refractivity contribution is 5.61. The van der Waals surface area contributed by atoms with Crippen molar-refractivity contribution in [2.75, 3.05) is 0 Å². The molecule has 0 unspecified atom stereocenters. The molecule has 0 spiro atoms. The zero-order chi connectivity index (χ0) is 13.3. The summed E-state index contributed by atoms with van der Waals surface area (Å²) in [5.41, 5.74) is 2.83. The molecule has 2 rings (SSSR count). The molecule has 0 atom stereocenters. The van der Waals surface area contributed by atoms with E-state index in [0.29, 0.717) is 0 Å². The maximum Gasteiger partial charge on any atom is 0.266 e. The number of benzene rings is 1. The quantitative estimate of drug-likeness (QED) is 0.904. The number of hydrogen-bond donors (Lipinski definition) is 1. The van der Waals surface area contributed by atoms with Crippen LogP contribution >= 0.6 is 0 Å². The molecular formula is C14H18N2O2. The fraction of sp³-hybridized carbons (Fsp3) is 0.357. The van der Waals surface area contributed by atoms with Crippen molar-refractivity contribution in [1.29, 1.82) is 0 Å². The van der Waals surface area contributed by atoms with Crippen LogP contribution in [0.4, 0.5) is 0 Å². The fourth-order valence-corrected chi connectivity index (χ4v) is 1.84. The van der Waals surface area contributed by atoms with Gasteiger partial charge in [-0.15, -0.1) is 0 Å². The van der Waals surface area contributed by atoms with Crippen molar-refractivity contribution < 1.29 is 4.74 Å². The number of ether oxygens (including phenoxy) is 1. The van der Waals surface area contributed by atoms with Gasteiger partial charge in [-0.3, -0.25) is 14.6 Å². The van der Waals surface area contributed by atoms with Crippen molar-refractivity contribution in [3.8, 4) is 17.0 Å². The Morgan fingerprint density at radius 2 is 2.00 bits per heavy atom. The number of nitrogens with zero attached hydrogens (tertiary/aromatic N) is 1. The lowest BCUT2D eigenvalue weighted by molar-refractivity contribution is 0.241. The molecule has 96 valence electrons. The fourth-order valence-electron chi connectivity index (χ4n) is 1.84. The van der Waals surface area contributed by atoms with Crippen LogP contribution in [0.1, 0.15) is 19.4 Å². The van der Waals surface area contributed by atoms with Gasteiger partial charge in [0.05, 0.1) is 11.8 Å². The molecule has 0 saturated heterocycles. The molecule has 0 aliphatic heterocycles. The zero-order valence-corrected chi connectivity index (χ0v) is 11.2. The molecule has 0 bridgehead atoms. The van der Waals surface area contributed by atoms with Crippen molar-refractivity contribution in [3.63, 3.8) is 0 Å². The number of aromatic amines is 1. The molecule has 4 nitrogen and oxygen atoms in total. The second-order valence-corrected chi connectivity index (χ2v) is 4.71. The molecule has 0 radical (unpaired) electrons. The van der Waals surface area contributed by atoms with E-state index in [2.05, 4.69) is 5.10 Å². The minimum absolute atomic E-state index is 0.0369. The molecule has 0 fully saturated rings. The molecule has 1 N–H and O–H groups in total. The van der Waals surface area contributed by atoms with Gasteiger partial charge in [0.1, 0.15) is 5.75 Å². The number of hydrogen-bond acceptors (Lipinski definition) is 2. The van der Waals surface area contributed by atoms with Gasteiger partial charge >= 0.3 is 0 Å². The summed E-state index contributed by atoms with van der Waals surface area (Å²) < 4.78 is 7.15. The minimum Gasteiger partial charge on any atom is -0.491 e. The summed E-state index contributed by atoms with van der Waals surface area (Å²) >= 11 is 0. The highest BCUT2D eigenvalue weighted by Gasteiger charge is 2.07. The lowest BCUT2D eigenvalue weighted by atomic mass is 10.1. The number of H-pyrrole nitrogens is 1. The second-order valence-electron chi connectivity index (χ2n) is 4.71. The molecule has 18 heavy (non-hydrogen) atoms. The summed E-state index contributed by atoms with van der Waals surface area (Å²) in [7, 11) is 1.70. The second kappa shape index (κ2) is 4.72. The van der Waals surface area contributed by atoms with Gasteiger partial charge < -0.3 is 4.74 Å². The number of rotatable bonds is 3. The van der Waals surface area contributed by atoms with E-state index in [1.54, 1.807) is 13.1 Å². The first-order valence-electron chi connectivity index (χ1n) is 6.01. The highest BCUT2D eigenvalue weighted by Crippen LogP contribution is 2.25. The Morgan fingerprint density at radius 3 is 2.50 bits per heavy atom. The van der Waals surface area contributed by atoms with Gasteiger partial charge in [0.2, 0.25) is 0 Å². The maximum absolute atomic E-state index is 11.4. The predicted molar refractivity (Wildman–Crippen MR) is 72.0 cm³/mol. The molecule has 4 heteroatoms. The van der Waals surface area contributed by atoms with E-state index in [-0.39, 0.29) is 11.7 Å². The highest BCUT2D eigenvalue weighted by atomic mass is 16.5. The Kier molecular flexibility index (Phi) is 3.28. The van der Waals surface area contributed by atoms with E-state index < -0.39 is 0 Å². The van der Waals surface area contributed by atoms with E-state index in [9.17, 15) is 4.79 Å². The molecule has 1 heterocycles. The van der Waals surface area contributed by atoms with Crippen LogP contribution in [0.5, 0.6) is 5.75 Å². The van der Waals surface area contributed by atoms with Gasteiger partial charge in [-0.25, -0.2) is 0 Å². The molecule has 0 aliphatic rings. The molecule has 1 aromatic carbocycles. The Balaban J connectivity index is 2.36. The maximum atomic E-state index is 11.4. The largest absolute Gasteiger partial charge is 0.491 e. The predicted octanol–water partition coefficient (Wildman–Crippen LogP) is 2.48. The Bertz CT molecular complexity index is 608. The smallest absolute Gasteiger partial charge is 0.266 e. The van der Waals surface area contributed by atoms with Crippen LogP contribution in [0.15, 0.2) is 29.1 Å². The van der Waals surface area contributed by atoms with Crippen LogP contribution < -0.4 is 10.3 Å².